The van der Waals surface area contributed by atoms with Crippen LogP contribution in [-0.4, -0.2) is 28.3 Å². The van der Waals surface area contributed by atoms with Crippen molar-refractivity contribution in [1.82, 2.24) is 14.9 Å². The summed E-state index contributed by atoms with van der Waals surface area (Å²) in [5.74, 6) is 0. The Balaban J connectivity index is 1.49. The first-order valence-electron chi connectivity index (χ1n) is 7.37. The number of nitrogens with two attached hydrogens (primary N) is 1. The summed E-state index contributed by atoms with van der Waals surface area (Å²) in [5, 5.41) is 12.4. The third-order valence-electron chi connectivity index (χ3n) is 3.83. The Kier molecular flexibility index (Phi) is 4.48. The van der Waals surface area contributed by atoms with E-state index in [-0.39, 0.29) is 6.10 Å². The van der Waals surface area contributed by atoms with Crippen molar-refractivity contribution in [3.05, 3.63) is 34.7 Å². The fourth-order valence-electron chi connectivity index (χ4n) is 2.70. The van der Waals surface area contributed by atoms with E-state index in [0.717, 1.165) is 16.9 Å². The number of rotatable bonds is 4. The number of carbonyl (C=O) groups excluding carboxylic acids is 1. The number of hydrogen-bond acceptors (Lipinski definition) is 6. The highest BCUT2D eigenvalue weighted by molar-refractivity contribution is 7.16. The predicted molar refractivity (Wildman–Crippen MR) is 86.0 cm³/mol. The standard InChI is InChI=1S/C15H17N5O2S/c16-8-12-11-2-1-10(7-13(11)23-14(12)17)22-15(21)19-4-6-20-5-3-18-9-20/h3,5,9-10H,1-2,4,6-7,17H2,(H,19,21). The van der Waals surface area contributed by atoms with Gasteiger partial charge in [0.05, 0.1) is 11.9 Å². The number of thiophene rings is 1. The molecule has 1 aliphatic rings. The van der Waals surface area contributed by atoms with Crippen LogP contribution >= 0.6 is 11.3 Å². The van der Waals surface area contributed by atoms with Crippen LogP contribution in [0.4, 0.5) is 9.80 Å². The van der Waals surface area contributed by atoms with Crippen molar-refractivity contribution in [2.75, 3.05) is 12.3 Å². The number of carbonyl (C=O) groups is 1. The minimum absolute atomic E-state index is 0.166. The van der Waals surface area contributed by atoms with Crippen molar-refractivity contribution < 1.29 is 9.53 Å². The summed E-state index contributed by atoms with van der Waals surface area (Å²) in [6, 6.07) is 2.16. The summed E-state index contributed by atoms with van der Waals surface area (Å²) in [6.45, 7) is 1.13. The van der Waals surface area contributed by atoms with E-state index in [9.17, 15) is 4.79 Å². The Morgan fingerprint density at radius 3 is 3.26 bits per heavy atom. The van der Waals surface area contributed by atoms with Gasteiger partial charge in [-0.3, -0.25) is 0 Å². The zero-order chi connectivity index (χ0) is 16.2. The van der Waals surface area contributed by atoms with Crippen molar-refractivity contribution in [3.63, 3.8) is 0 Å². The second-order valence-corrected chi connectivity index (χ2v) is 6.49. The van der Waals surface area contributed by atoms with E-state index in [4.69, 9.17) is 15.7 Å². The lowest BCUT2D eigenvalue weighted by Gasteiger charge is -2.22. The Labute approximate surface area is 137 Å². The molecule has 1 amide bonds. The molecular formula is C15H17N5O2S. The van der Waals surface area contributed by atoms with Gasteiger partial charge in [0.1, 0.15) is 17.2 Å². The predicted octanol–water partition coefficient (Wildman–Crippen LogP) is 1.68. The SMILES string of the molecule is N#Cc1c(N)sc2c1CCC(OC(=O)NCCn1ccnc1)C2. The van der Waals surface area contributed by atoms with Crippen LogP contribution in [0.3, 0.4) is 0 Å². The Morgan fingerprint density at radius 1 is 1.65 bits per heavy atom. The van der Waals surface area contributed by atoms with Crippen LogP contribution in [0.15, 0.2) is 18.7 Å². The highest BCUT2D eigenvalue weighted by atomic mass is 32.1. The topological polar surface area (TPSA) is 106 Å². The first kappa shape index (κ1) is 15.4. The Hall–Kier alpha value is -2.53. The largest absolute Gasteiger partial charge is 0.446 e. The van der Waals surface area contributed by atoms with Gasteiger partial charge in [-0.2, -0.15) is 5.26 Å². The number of ether oxygens (including phenoxy) is 1. The van der Waals surface area contributed by atoms with Gasteiger partial charge in [-0.25, -0.2) is 9.78 Å². The van der Waals surface area contributed by atoms with Gasteiger partial charge in [-0.15, -0.1) is 11.3 Å². The quantitative estimate of drug-likeness (QED) is 0.886. The molecule has 3 rings (SSSR count). The fourth-order valence-corrected chi connectivity index (χ4v) is 3.83. The van der Waals surface area contributed by atoms with Gasteiger partial charge < -0.3 is 20.4 Å². The normalized spacial score (nSPS) is 16.4. The third kappa shape index (κ3) is 3.46. The maximum atomic E-state index is 11.8. The monoisotopic (exact) mass is 331 g/mol. The summed E-state index contributed by atoms with van der Waals surface area (Å²) in [4.78, 5) is 16.8. The number of hydrogen-bond donors (Lipinski definition) is 2. The molecule has 0 spiro atoms. The first-order chi connectivity index (χ1) is 11.2. The van der Waals surface area contributed by atoms with Crippen LogP contribution < -0.4 is 11.1 Å². The number of nitriles is 1. The molecule has 7 nitrogen and oxygen atoms in total. The second-order valence-electron chi connectivity index (χ2n) is 5.35. The molecule has 2 heterocycles. The lowest BCUT2D eigenvalue weighted by atomic mass is 9.94. The molecule has 0 saturated heterocycles. The van der Waals surface area contributed by atoms with Gasteiger partial charge in [0.2, 0.25) is 0 Å². The molecule has 2 aromatic heterocycles. The summed E-state index contributed by atoms with van der Waals surface area (Å²) < 4.78 is 7.34. The molecule has 0 aliphatic heterocycles. The molecule has 1 atom stereocenters. The van der Waals surface area contributed by atoms with Crippen molar-refractivity contribution in [2.45, 2.75) is 31.9 Å². The molecule has 8 heteroatoms. The van der Waals surface area contributed by atoms with E-state index in [1.807, 2.05) is 10.8 Å². The van der Waals surface area contributed by atoms with Crippen LogP contribution in [0.25, 0.3) is 0 Å². The van der Waals surface area contributed by atoms with Crippen LogP contribution in [0.1, 0.15) is 22.4 Å². The second kappa shape index (κ2) is 6.71. The molecule has 0 saturated carbocycles. The molecule has 1 unspecified atom stereocenters. The highest BCUT2D eigenvalue weighted by Gasteiger charge is 2.27. The van der Waals surface area contributed by atoms with Crippen molar-refractivity contribution in [1.29, 1.82) is 5.26 Å². The molecule has 0 fully saturated rings. The van der Waals surface area contributed by atoms with E-state index in [1.165, 1.54) is 11.3 Å². The molecule has 0 radical (unpaired) electrons. The molecule has 0 aromatic carbocycles. The number of alkyl carbamates (subject to hydrolysis) is 1. The number of aromatic nitrogens is 2. The van der Waals surface area contributed by atoms with Gasteiger partial charge in [0.25, 0.3) is 0 Å². The zero-order valence-corrected chi connectivity index (χ0v) is 13.3. The van der Waals surface area contributed by atoms with Crippen molar-refractivity contribution in [3.8, 4) is 6.07 Å². The molecule has 120 valence electrons. The third-order valence-corrected chi connectivity index (χ3v) is 4.91. The van der Waals surface area contributed by atoms with Crippen LogP contribution in [-0.2, 0) is 24.1 Å². The van der Waals surface area contributed by atoms with E-state index >= 15 is 0 Å². The van der Waals surface area contributed by atoms with E-state index < -0.39 is 6.09 Å². The first-order valence-corrected chi connectivity index (χ1v) is 8.19. The Morgan fingerprint density at radius 2 is 2.52 bits per heavy atom. The lowest BCUT2D eigenvalue weighted by Crippen LogP contribution is -2.33. The maximum absolute atomic E-state index is 11.8. The molecule has 2 aromatic rings. The Bertz CT molecular complexity index is 732. The number of imidazole rings is 1. The number of fused-ring (bicyclic) bond motifs is 1. The number of nitrogens with zero attached hydrogens (tertiary/aromatic N) is 3. The summed E-state index contributed by atoms with van der Waals surface area (Å²) in [6.07, 6.45) is 6.71. The maximum Gasteiger partial charge on any atom is 0.407 e. The highest BCUT2D eigenvalue weighted by Crippen LogP contribution is 2.36. The summed E-state index contributed by atoms with van der Waals surface area (Å²) in [5.41, 5.74) is 7.47. The van der Waals surface area contributed by atoms with Crippen molar-refractivity contribution in [2.24, 2.45) is 0 Å². The number of nitrogens with one attached hydrogen (secondary N) is 1. The summed E-state index contributed by atoms with van der Waals surface area (Å²) >= 11 is 1.42. The van der Waals surface area contributed by atoms with E-state index in [2.05, 4.69) is 16.4 Å². The van der Waals surface area contributed by atoms with Crippen LogP contribution in [0, 0.1) is 11.3 Å². The van der Waals surface area contributed by atoms with Gasteiger partial charge in [-0.05, 0) is 18.4 Å². The van der Waals surface area contributed by atoms with Crippen molar-refractivity contribution >= 4 is 22.4 Å². The zero-order valence-electron chi connectivity index (χ0n) is 12.5. The average molecular weight is 331 g/mol. The molecule has 23 heavy (non-hydrogen) atoms. The fraction of sp³-hybridized carbons (Fsp3) is 0.400. The van der Waals surface area contributed by atoms with Crippen LogP contribution in [0.5, 0.6) is 0 Å². The van der Waals surface area contributed by atoms with Gasteiger partial charge in [0, 0.05) is 36.8 Å². The minimum Gasteiger partial charge on any atom is -0.446 e. The number of amides is 1. The van der Waals surface area contributed by atoms with Gasteiger partial charge in [-0.1, -0.05) is 0 Å². The van der Waals surface area contributed by atoms with Gasteiger partial charge in [0.15, 0.2) is 0 Å². The average Bonchev–Trinajstić information content (AvgIpc) is 3.13. The molecular weight excluding hydrogens is 314 g/mol. The molecule has 3 N–H and O–H groups in total. The van der Waals surface area contributed by atoms with Crippen LogP contribution in [0.2, 0.25) is 0 Å². The molecule has 1 aliphatic carbocycles. The minimum atomic E-state index is -0.413. The number of anilines is 1. The summed E-state index contributed by atoms with van der Waals surface area (Å²) in [7, 11) is 0. The smallest absolute Gasteiger partial charge is 0.407 e. The molecule has 0 bridgehead atoms. The van der Waals surface area contributed by atoms with E-state index in [1.54, 1.807) is 12.5 Å². The lowest BCUT2D eigenvalue weighted by molar-refractivity contribution is 0.0900. The number of nitrogen functional groups attached to an aromatic ring is 1. The van der Waals surface area contributed by atoms with E-state index in [0.29, 0.717) is 36.5 Å². The van der Waals surface area contributed by atoms with Gasteiger partial charge >= 0.3 is 6.09 Å².